The number of fused-ring (bicyclic) bond motifs is 2. The van der Waals surface area contributed by atoms with Gasteiger partial charge in [0.2, 0.25) is 0 Å². The van der Waals surface area contributed by atoms with Crippen molar-refractivity contribution in [2.24, 2.45) is 11.5 Å². The first-order chi connectivity index (χ1) is 13.2. The Morgan fingerprint density at radius 3 is 2.93 bits per heavy atom. The van der Waals surface area contributed by atoms with Gasteiger partial charge in [-0.15, -0.1) is 0 Å². The molecule has 0 aromatic heterocycles. The fourth-order valence-electron chi connectivity index (χ4n) is 4.84. The van der Waals surface area contributed by atoms with Gasteiger partial charge in [-0.2, -0.15) is 0 Å². The number of ether oxygens (including phenoxy) is 2. The maximum absolute atomic E-state index is 6.69. The zero-order chi connectivity index (χ0) is 18.4. The lowest BCUT2D eigenvalue weighted by atomic mass is 9.83. The molecule has 142 valence electrons. The fraction of sp³-hybridized carbons (Fsp3) is 0.455. The van der Waals surface area contributed by atoms with E-state index in [4.69, 9.17) is 20.9 Å². The topological polar surface area (TPSA) is 73.7 Å². The second-order valence-electron chi connectivity index (χ2n) is 7.95. The fourth-order valence-corrected chi connectivity index (χ4v) is 4.84. The summed E-state index contributed by atoms with van der Waals surface area (Å²) >= 11 is 0. The Balaban J connectivity index is 1.60. The summed E-state index contributed by atoms with van der Waals surface area (Å²) in [6, 6.07) is 13.0. The van der Waals surface area contributed by atoms with Gasteiger partial charge in [0, 0.05) is 30.3 Å². The largest absolute Gasteiger partial charge is 0.480 e. The Kier molecular flexibility index (Phi) is 4.31. The van der Waals surface area contributed by atoms with Crippen LogP contribution < -0.4 is 20.9 Å². The molecule has 3 atom stereocenters. The highest BCUT2D eigenvalue weighted by Crippen LogP contribution is 2.45. The number of piperidine rings is 1. The SMILES string of the molecule is NCc1cccc2c1O[C@H]1c3cc(ccc3CC[C@@H]1N1CCC[C@@H](N)C1)O2. The predicted octanol–water partition coefficient (Wildman–Crippen LogP) is 3.11. The first-order valence-corrected chi connectivity index (χ1v) is 10.0. The molecule has 5 nitrogen and oxygen atoms in total. The molecule has 0 radical (unpaired) electrons. The highest BCUT2D eigenvalue weighted by Gasteiger charge is 2.38. The Bertz CT molecular complexity index is 853. The third-order valence-electron chi connectivity index (χ3n) is 6.19. The van der Waals surface area contributed by atoms with Crippen LogP contribution in [0.1, 0.15) is 42.1 Å². The Morgan fingerprint density at radius 1 is 1.15 bits per heavy atom. The molecule has 0 saturated carbocycles. The molecule has 3 aliphatic rings. The van der Waals surface area contributed by atoms with Crippen molar-refractivity contribution in [1.82, 2.24) is 4.90 Å². The van der Waals surface area contributed by atoms with Crippen LogP contribution in [0.5, 0.6) is 17.2 Å². The number of nitrogens with zero attached hydrogens (tertiary/aromatic N) is 1. The third-order valence-corrected chi connectivity index (χ3v) is 6.19. The number of rotatable bonds is 2. The van der Waals surface area contributed by atoms with Crippen LogP contribution in [0, 0.1) is 0 Å². The lowest BCUT2D eigenvalue weighted by molar-refractivity contribution is 0.0340. The van der Waals surface area contributed by atoms with Crippen LogP contribution >= 0.6 is 0 Å². The minimum atomic E-state index is -0.0191. The number of hydrogen-bond donors (Lipinski definition) is 2. The highest BCUT2D eigenvalue weighted by atomic mass is 16.5. The van der Waals surface area contributed by atoms with E-state index in [1.807, 2.05) is 18.2 Å². The first kappa shape index (κ1) is 17.0. The Labute approximate surface area is 160 Å². The second-order valence-corrected chi connectivity index (χ2v) is 7.95. The smallest absolute Gasteiger partial charge is 0.169 e. The van der Waals surface area contributed by atoms with Crippen LogP contribution in [0.25, 0.3) is 0 Å². The van der Waals surface area contributed by atoms with Gasteiger partial charge in [0.05, 0.1) is 6.04 Å². The second kappa shape index (κ2) is 6.82. The van der Waals surface area contributed by atoms with Crippen LogP contribution in [0.15, 0.2) is 36.4 Å². The van der Waals surface area contributed by atoms with E-state index in [2.05, 4.69) is 23.1 Å². The molecule has 2 aliphatic heterocycles. The van der Waals surface area contributed by atoms with Crippen molar-refractivity contribution < 1.29 is 9.47 Å². The highest BCUT2D eigenvalue weighted by molar-refractivity contribution is 5.52. The molecule has 2 aromatic rings. The molecule has 2 bridgehead atoms. The van der Waals surface area contributed by atoms with E-state index in [9.17, 15) is 0 Å². The average Bonchev–Trinajstić information content (AvgIpc) is 2.67. The Morgan fingerprint density at radius 2 is 2.07 bits per heavy atom. The molecule has 27 heavy (non-hydrogen) atoms. The molecule has 4 N–H and O–H groups in total. The first-order valence-electron chi connectivity index (χ1n) is 10.0. The summed E-state index contributed by atoms with van der Waals surface area (Å²) < 4.78 is 12.8. The predicted molar refractivity (Wildman–Crippen MR) is 105 cm³/mol. The number of nitrogens with two attached hydrogens (primary N) is 2. The zero-order valence-corrected chi connectivity index (χ0v) is 15.6. The molecule has 0 unspecified atom stereocenters. The number of benzene rings is 2. The maximum Gasteiger partial charge on any atom is 0.169 e. The summed E-state index contributed by atoms with van der Waals surface area (Å²) in [6.45, 7) is 2.47. The molecule has 5 heteroatoms. The molecule has 0 spiro atoms. The van der Waals surface area contributed by atoms with Gasteiger partial charge >= 0.3 is 0 Å². The maximum atomic E-state index is 6.69. The lowest BCUT2D eigenvalue weighted by Gasteiger charge is -2.44. The van der Waals surface area contributed by atoms with Crippen molar-refractivity contribution in [2.75, 3.05) is 13.1 Å². The number of para-hydroxylation sites is 1. The summed E-state index contributed by atoms with van der Waals surface area (Å²) in [5.41, 5.74) is 15.9. The van der Waals surface area contributed by atoms with Gasteiger partial charge in [0.1, 0.15) is 11.9 Å². The van der Waals surface area contributed by atoms with E-state index >= 15 is 0 Å². The van der Waals surface area contributed by atoms with Crippen molar-refractivity contribution in [3.05, 3.63) is 53.1 Å². The van der Waals surface area contributed by atoms with Gasteiger partial charge in [-0.25, -0.2) is 0 Å². The average molecular weight is 365 g/mol. The number of aryl methyl sites for hydroxylation is 1. The van der Waals surface area contributed by atoms with Gasteiger partial charge in [-0.1, -0.05) is 18.2 Å². The third kappa shape index (κ3) is 3.00. The van der Waals surface area contributed by atoms with Gasteiger partial charge in [0.15, 0.2) is 11.5 Å². The van der Waals surface area contributed by atoms with E-state index in [1.165, 1.54) is 11.1 Å². The van der Waals surface area contributed by atoms with Crippen LogP contribution in [0.2, 0.25) is 0 Å². The van der Waals surface area contributed by atoms with Gasteiger partial charge in [-0.3, -0.25) is 4.90 Å². The van der Waals surface area contributed by atoms with Crippen LogP contribution in [-0.4, -0.2) is 30.1 Å². The summed E-state index contributed by atoms with van der Waals surface area (Å²) in [5.74, 6) is 2.40. The van der Waals surface area contributed by atoms with E-state index in [1.54, 1.807) is 0 Å². The Hall–Kier alpha value is -2.08. The summed E-state index contributed by atoms with van der Waals surface area (Å²) in [6.07, 6.45) is 4.41. The summed E-state index contributed by atoms with van der Waals surface area (Å²) in [7, 11) is 0. The molecule has 1 fully saturated rings. The lowest BCUT2D eigenvalue weighted by Crippen LogP contribution is -2.51. The van der Waals surface area contributed by atoms with Gasteiger partial charge < -0.3 is 20.9 Å². The minimum absolute atomic E-state index is 0.0191. The standard InChI is InChI=1S/C22H27N3O2/c23-12-15-3-1-5-20-21(15)27-22-18-11-17(26-20)8-6-14(18)7-9-19(22)25-10-2-4-16(24)13-25/h1,3,5-6,8,11,16,19,22H,2,4,7,9-10,12-13,23-24H2/t16-,19+,22+/m1/s1. The van der Waals surface area contributed by atoms with Crippen molar-refractivity contribution in [2.45, 2.75) is 50.4 Å². The minimum Gasteiger partial charge on any atom is -0.480 e. The molecule has 1 aliphatic carbocycles. The van der Waals surface area contributed by atoms with Crippen LogP contribution in [-0.2, 0) is 13.0 Å². The van der Waals surface area contributed by atoms with Gasteiger partial charge in [-0.05, 0) is 56.0 Å². The van der Waals surface area contributed by atoms with Gasteiger partial charge in [0.25, 0.3) is 0 Å². The summed E-state index contributed by atoms with van der Waals surface area (Å²) in [5, 5.41) is 0. The number of likely N-dealkylation sites (tertiary alicyclic amines) is 1. The van der Waals surface area contributed by atoms with Crippen molar-refractivity contribution in [3.63, 3.8) is 0 Å². The van der Waals surface area contributed by atoms with Crippen molar-refractivity contribution in [1.29, 1.82) is 0 Å². The van der Waals surface area contributed by atoms with E-state index < -0.39 is 0 Å². The molecule has 1 saturated heterocycles. The normalized spacial score (nSPS) is 27.0. The van der Waals surface area contributed by atoms with E-state index in [0.29, 0.717) is 12.6 Å². The molecular formula is C22H27N3O2. The monoisotopic (exact) mass is 365 g/mol. The zero-order valence-electron chi connectivity index (χ0n) is 15.6. The van der Waals surface area contributed by atoms with Crippen molar-refractivity contribution in [3.8, 4) is 17.2 Å². The van der Waals surface area contributed by atoms with E-state index in [-0.39, 0.29) is 12.1 Å². The molecule has 5 rings (SSSR count). The van der Waals surface area contributed by atoms with Crippen LogP contribution in [0.4, 0.5) is 0 Å². The molecule has 2 heterocycles. The quantitative estimate of drug-likeness (QED) is 0.855. The number of hydrogen-bond acceptors (Lipinski definition) is 5. The molecular weight excluding hydrogens is 338 g/mol. The molecule has 0 amide bonds. The van der Waals surface area contributed by atoms with Crippen LogP contribution in [0.3, 0.4) is 0 Å². The molecule has 2 aromatic carbocycles. The van der Waals surface area contributed by atoms with E-state index in [0.717, 1.165) is 61.6 Å². The van der Waals surface area contributed by atoms with Crippen molar-refractivity contribution >= 4 is 0 Å². The summed E-state index contributed by atoms with van der Waals surface area (Å²) in [4.78, 5) is 2.54.